The number of hydrogen-bond acceptors (Lipinski definition) is 7. The molecule has 0 unspecified atom stereocenters. The molecule has 0 atom stereocenters. The molecule has 0 spiro atoms. The summed E-state index contributed by atoms with van der Waals surface area (Å²) in [6.07, 6.45) is 19.3. The van der Waals surface area contributed by atoms with Gasteiger partial charge in [-0.15, -0.1) is 249 Å². The number of aryl methyl sites for hydroxylation is 1. The predicted molar refractivity (Wildman–Crippen MR) is 533 cm³/mol. The van der Waals surface area contributed by atoms with Crippen LogP contribution in [-0.2, 0) is 112 Å². The smallest absolute Gasteiger partial charge is 0.0190 e. The number of aromatic nitrogens is 7. The minimum absolute atomic E-state index is 0. The van der Waals surface area contributed by atoms with E-state index in [9.17, 15) is 0 Å². The predicted octanol–water partition coefficient (Wildman–Crippen LogP) is 30.7. The summed E-state index contributed by atoms with van der Waals surface area (Å²) in [5.41, 5.74) is 33.4. The molecule has 677 valence electrons. The van der Waals surface area contributed by atoms with Crippen LogP contribution in [0.15, 0.2) is 432 Å². The van der Waals surface area contributed by atoms with Crippen LogP contribution in [-0.4, -0.2) is 34.9 Å². The summed E-state index contributed by atoms with van der Waals surface area (Å²) in [6.45, 7) is 13.3. The Morgan fingerprint density at radius 3 is 0.963 bits per heavy atom. The number of hydrogen-bond donors (Lipinski definition) is 0. The van der Waals surface area contributed by atoms with Gasteiger partial charge in [0.1, 0.15) is 0 Å². The van der Waals surface area contributed by atoms with Crippen molar-refractivity contribution < 1.29 is 101 Å². The first-order chi connectivity index (χ1) is 63.4. The van der Waals surface area contributed by atoms with E-state index >= 15 is 0 Å². The molecule has 0 amide bonds. The van der Waals surface area contributed by atoms with Crippen molar-refractivity contribution in [3.8, 4) is 134 Å². The third-order valence-electron chi connectivity index (χ3n) is 22.4. The molecule has 5 radical (unpaired) electrons. The van der Waals surface area contributed by atoms with Crippen LogP contribution in [0.25, 0.3) is 134 Å². The van der Waals surface area contributed by atoms with E-state index < -0.39 is 0 Å². The summed E-state index contributed by atoms with van der Waals surface area (Å²) >= 11 is 0. The summed E-state index contributed by atoms with van der Waals surface area (Å²) in [5.74, 6) is 1.96. The standard InChI is InChI=1S/C21H18N.C21H20N.C20H16N.C20H18N.C18H14N.2C11H8N.5Ir/c1-21(11-12-21)19-10-13-22-20(15-19)18-9-5-8-17(14-18)16-6-3-2-4-7-16;1-16(2)13-17-11-12-22-21(14-17)20-10-6-9-19(15-20)18-7-4-3-5-8-18;1-2-5-15(6-3-1)17-7-4-8-19(13-17)20-14-18(11-12-21-20)16-9-10-16;1-15(2)16-9-11-17(12-10-16)18-6-5-7-19(14-18)20-8-3-4-13-21-20;1-14-10-11-18(19-13-14)17-9-5-8-16(12-17)15-6-3-2-4-7-15;2*1-2-6-10(7-3-1)11-8-4-5-9-12-11;;;;;/h2-8,10,13-15H,11-12H2,1H3;3-9,11-12,14-16H,13H2,1-2H3;1-7,11-14,16H,9-10H2;3-6,8-15H,1-2H3;2-8,10-13H,1H3;2*1-6,8-9H;;;;;/q7*-1;;;;;. The molecule has 19 aromatic rings. The second kappa shape index (κ2) is 53.7. The van der Waals surface area contributed by atoms with Gasteiger partial charge in [-0.1, -0.05) is 258 Å². The Balaban J connectivity index is 0.000000162. The summed E-state index contributed by atoms with van der Waals surface area (Å²) in [6, 6.07) is 155. The maximum absolute atomic E-state index is 4.55. The SMILES string of the molecule is CC(C)Cc1ccnc(-c2[c-]ccc(-c3ccccc3)c2)c1.CC(C)c1ccc(-c2cc[c-]c(-c3ccccn3)c2)cc1.CC1(c2ccnc(-c3[c-]ccc(-c4ccccc4)c3)c2)CC1.Cc1ccc(-c2[c-]ccc(-c3ccccc3)c2)nc1.[Ir].[Ir].[Ir].[Ir].[Ir].[c-]1ccc(-c2ccccc2)cc1-c1cc(C2CC2)ccn1.[c-]1ccccc1-c1ccccn1.[c-]1ccccc1-c1ccccn1. The van der Waals surface area contributed by atoms with Crippen LogP contribution in [0.5, 0.6) is 0 Å². The van der Waals surface area contributed by atoms with Crippen molar-refractivity contribution in [2.45, 2.75) is 90.9 Å². The van der Waals surface area contributed by atoms with Gasteiger partial charge in [0.15, 0.2) is 0 Å². The van der Waals surface area contributed by atoms with Gasteiger partial charge in [-0.05, 0) is 183 Å². The van der Waals surface area contributed by atoms with Crippen molar-refractivity contribution >= 4 is 0 Å². The van der Waals surface area contributed by atoms with E-state index in [1.54, 1.807) is 12.4 Å². The van der Waals surface area contributed by atoms with Crippen molar-refractivity contribution in [2.75, 3.05) is 0 Å². The molecule has 0 saturated heterocycles. The molecule has 12 aromatic carbocycles. The number of nitrogens with zero attached hydrogens (tertiary/aromatic N) is 7. The largest absolute Gasteiger partial charge is 0.305 e. The Labute approximate surface area is 860 Å². The molecule has 7 heterocycles. The van der Waals surface area contributed by atoms with E-state index in [4.69, 9.17) is 0 Å². The monoisotopic (exact) mass is 2630 g/mol. The summed E-state index contributed by atoms with van der Waals surface area (Å²) in [4.78, 5) is 30.9. The van der Waals surface area contributed by atoms with E-state index in [0.29, 0.717) is 17.3 Å². The minimum atomic E-state index is 0. The minimum Gasteiger partial charge on any atom is -0.305 e. The second-order valence-electron chi connectivity index (χ2n) is 33.0. The van der Waals surface area contributed by atoms with Gasteiger partial charge in [0, 0.05) is 144 Å². The first kappa shape index (κ1) is 104. The Morgan fingerprint density at radius 1 is 0.276 bits per heavy atom. The molecular formula is C122H102Ir5N7-7. The van der Waals surface area contributed by atoms with E-state index in [0.717, 1.165) is 91.1 Å². The molecule has 0 bridgehead atoms. The molecule has 12 heteroatoms. The van der Waals surface area contributed by atoms with Crippen molar-refractivity contribution in [1.29, 1.82) is 0 Å². The van der Waals surface area contributed by atoms with Crippen LogP contribution in [0.1, 0.15) is 100.0 Å². The average Bonchev–Trinajstić information content (AvgIpc) is 1.63. The topological polar surface area (TPSA) is 90.2 Å². The van der Waals surface area contributed by atoms with E-state index in [1.807, 2.05) is 202 Å². The molecule has 0 aliphatic heterocycles. The molecular weight excluding hydrogens is 2520 g/mol. The van der Waals surface area contributed by atoms with Crippen LogP contribution >= 0.6 is 0 Å². The van der Waals surface area contributed by atoms with E-state index in [1.165, 1.54) is 109 Å². The van der Waals surface area contributed by atoms with Gasteiger partial charge in [0.05, 0.1) is 0 Å². The fraction of sp³-hybridized carbons (Fsp3) is 0.123. The first-order valence-electron chi connectivity index (χ1n) is 44.3. The van der Waals surface area contributed by atoms with Crippen molar-refractivity contribution in [3.63, 3.8) is 0 Å². The summed E-state index contributed by atoms with van der Waals surface area (Å²) < 4.78 is 0. The normalized spacial score (nSPS) is 11.4. The molecule has 2 aliphatic carbocycles. The van der Waals surface area contributed by atoms with Crippen LogP contribution in [0, 0.1) is 55.3 Å². The quantitative estimate of drug-likeness (QED) is 0.0839. The Hall–Kier alpha value is -12.1. The van der Waals surface area contributed by atoms with Gasteiger partial charge in [0.2, 0.25) is 0 Å². The molecule has 2 aliphatic rings. The second-order valence-corrected chi connectivity index (χ2v) is 33.0. The molecule has 7 nitrogen and oxygen atoms in total. The molecule has 0 N–H and O–H groups in total. The number of benzene rings is 12. The maximum Gasteiger partial charge on any atom is 0.0190 e. The molecule has 2 saturated carbocycles. The van der Waals surface area contributed by atoms with Gasteiger partial charge < -0.3 is 34.9 Å². The third-order valence-corrected chi connectivity index (χ3v) is 22.4. The third kappa shape index (κ3) is 31.0. The van der Waals surface area contributed by atoms with Gasteiger partial charge in [-0.3, -0.25) is 0 Å². The van der Waals surface area contributed by atoms with E-state index in [2.05, 4.69) is 336 Å². The maximum atomic E-state index is 4.55. The van der Waals surface area contributed by atoms with Gasteiger partial charge in [-0.25, -0.2) is 0 Å². The summed E-state index contributed by atoms with van der Waals surface area (Å²) in [7, 11) is 0. The molecule has 134 heavy (non-hydrogen) atoms. The van der Waals surface area contributed by atoms with Crippen molar-refractivity contribution in [2.24, 2.45) is 5.92 Å². The number of pyridine rings is 7. The molecule has 7 aromatic heterocycles. The van der Waals surface area contributed by atoms with Crippen LogP contribution < -0.4 is 0 Å². The number of rotatable bonds is 17. The fourth-order valence-corrected chi connectivity index (χ4v) is 14.8. The molecule has 2 fully saturated rings. The Morgan fingerprint density at radius 2 is 0.612 bits per heavy atom. The summed E-state index contributed by atoms with van der Waals surface area (Å²) in [5, 5.41) is 0. The Bertz CT molecular complexity index is 6490. The zero-order valence-corrected chi connectivity index (χ0v) is 87.5. The van der Waals surface area contributed by atoms with Crippen molar-refractivity contribution in [3.05, 3.63) is 502 Å². The van der Waals surface area contributed by atoms with Crippen LogP contribution in [0.2, 0.25) is 0 Å². The zero-order chi connectivity index (χ0) is 88.6. The average molecular weight is 2630 g/mol. The van der Waals surface area contributed by atoms with Crippen LogP contribution in [0.4, 0.5) is 0 Å². The van der Waals surface area contributed by atoms with Gasteiger partial charge >= 0.3 is 0 Å². The van der Waals surface area contributed by atoms with Gasteiger partial charge in [-0.2, -0.15) is 0 Å². The Kier molecular flexibility index (Phi) is 41.7. The van der Waals surface area contributed by atoms with Gasteiger partial charge in [0.25, 0.3) is 0 Å². The molecule has 21 rings (SSSR count). The zero-order valence-electron chi connectivity index (χ0n) is 75.6. The van der Waals surface area contributed by atoms with E-state index in [-0.39, 0.29) is 101 Å². The first-order valence-corrected chi connectivity index (χ1v) is 44.3. The van der Waals surface area contributed by atoms with Crippen LogP contribution in [0.3, 0.4) is 0 Å². The van der Waals surface area contributed by atoms with Crippen molar-refractivity contribution in [1.82, 2.24) is 34.9 Å². The fourth-order valence-electron chi connectivity index (χ4n) is 14.8.